The van der Waals surface area contributed by atoms with Gasteiger partial charge in [-0.05, 0) is 18.2 Å². The highest BCUT2D eigenvalue weighted by molar-refractivity contribution is 6.36. The molecule has 0 aliphatic rings. The van der Waals surface area contributed by atoms with E-state index >= 15 is 0 Å². The van der Waals surface area contributed by atoms with Gasteiger partial charge in [-0.2, -0.15) is 0 Å². The maximum Gasteiger partial charge on any atom is 0.336 e. The van der Waals surface area contributed by atoms with Gasteiger partial charge in [-0.25, -0.2) is 9.18 Å². The van der Waals surface area contributed by atoms with E-state index in [1.54, 1.807) is 0 Å². The summed E-state index contributed by atoms with van der Waals surface area (Å²) in [7, 11) is 0. The second kappa shape index (κ2) is 3.47. The van der Waals surface area contributed by atoms with Crippen molar-refractivity contribution in [2.45, 2.75) is 0 Å². The molecule has 5 heteroatoms. The lowest BCUT2D eigenvalue weighted by Gasteiger charge is -2.04. The fraction of sp³-hybridized carbons (Fsp3) is 0. The predicted molar refractivity (Wildman–Crippen MR) is 53.7 cm³/mol. The van der Waals surface area contributed by atoms with Crippen molar-refractivity contribution in [1.82, 2.24) is 4.98 Å². The van der Waals surface area contributed by atoms with Gasteiger partial charge in [0, 0.05) is 11.6 Å². The second-order valence-electron chi connectivity index (χ2n) is 2.92. The monoisotopic (exact) mass is 225 g/mol. The van der Waals surface area contributed by atoms with Crippen molar-refractivity contribution in [3.8, 4) is 0 Å². The molecule has 15 heavy (non-hydrogen) atoms. The molecule has 2 aromatic rings. The largest absolute Gasteiger partial charge is 0.478 e. The Balaban J connectivity index is 2.96. The number of carbonyl (C=O) groups is 1. The van der Waals surface area contributed by atoms with Crippen LogP contribution in [0.15, 0.2) is 24.4 Å². The number of fused-ring (bicyclic) bond motifs is 1. The summed E-state index contributed by atoms with van der Waals surface area (Å²) in [6.07, 6.45) is 1.24. The molecule has 0 fully saturated rings. The Hall–Kier alpha value is -1.68. The van der Waals surface area contributed by atoms with Crippen LogP contribution in [0.25, 0.3) is 10.9 Å². The first-order valence-electron chi connectivity index (χ1n) is 4.07. The molecule has 2 rings (SSSR count). The van der Waals surface area contributed by atoms with Gasteiger partial charge in [0.05, 0.1) is 10.6 Å². The first kappa shape index (κ1) is 9.86. The number of carboxylic acids is 1. The number of hydrogen-bond acceptors (Lipinski definition) is 2. The fourth-order valence-corrected chi connectivity index (χ4v) is 1.63. The first-order valence-corrected chi connectivity index (χ1v) is 4.45. The Bertz CT molecular complexity index is 556. The molecule has 1 aromatic carbocycles. The van der Waals surface area contributed by atoms with Crippen LogP contribution in [0.1, 0.15) is 10.4 Å². The topological polar surface area (TPSA) is 50.2 Å². The Morgan fingerprint density at radius 3 is 2.80 bits per heavy atom. The van der Waals surface area contributed by atoms with Crippen LogP contribution in [0.2, 0.25) is 5.02 Å². The summed E-state index contributed by atoms with van der Waals surface area (Å²) in [5, 5.41) is 9.20. The standard InChI is InChI=1S/C10H5ClFNO2/c11-6-1-2-7(12)9-8(6)5(10(14)15)3-4-13-9/h1-4H,(H,14,15). The number of aromatic carboxylic acids is 1. The average molecular weight is 226 g/mol. The Morgan fingerprint density at radius 2 is 2.13 bits per heavy atom. The normalized spacial score (nSPS) is 10.5. The van der Waals surface area contributed by atoms with Gasteiger partial charge in [-0.1, -0.05) is 11.6 Å². The van der Waals surface area contributed by atoms with E-state index in [2.05, 4.69) is 4.98 Å². The molecule has 3 nitrogen and oxygen atoms in total. The van der Waals surface area contributed by atoms with Gasteiger partial charge in [0.25, 0.3) is 0 Å². The van der Waals surface area contributed by atoms with E-state index in [-0.39, 0.29) is 21.5 Å². The molecule has 0 aliphatic carbocycles. The van der Waals surface area contributed by atoms with E-state index in [1.165, 1.54) is 18.3 Å². The molecule has 0 amide bonds. The average Bonchev–Trinajstić information content (AvgIpc) is 2.23. The summed E-state index contributed by atoms with van der Waals surface area (Å²) in [6.45, 7) is 0. The molecule has 0 aliphatic heterocycles. The van der Waals surface area contributed by atoms with Gasteiger partial charge >= 0.3 is 5.97 Å². The third kappa shape index (κ3) is 1.53. The second-order valence-corrected chi connectivity index (χ2v) is 3.32. The molecule has 0 radical (unpaired) electrons. The Morgan fingerprint density at radius 1 is 1.40 bits per heavy atom. The lowest BCUT2D eigenvalue weighted by molar-refractivity contribution is 0.0699. The zero-order valence-electron chi connectivity index (χ0n) is 7.37. The first-order chi connectivity index (χ1) is 7.11. The number of benzene rings is 1. The Labute approximate surface area is 89.1 Å². The summed E-state index contributed by atoms with van der Waals surface area (Å²) in [5.74, 6) is -1.74. The van der Waals surface area contributed by atoms with E-state index in [0.29, 0.717) is 0 Å². The minimum absolute atomic E-state index is 0.0256. The van der Waals surface area contributed by atoms with Crippen molar-refractivity contribution in [2.75, 3.05) is 0 Å². The highest BCUT2D eigenvalue weighted by atomic mass is 35.5. The molecule has 0 unspecified atom stereocenters. The van der Waals surface area contributed by atoms with Gasteiger partial charge < -0.3 is 5.11 Å². The third-order valence-corrected chi connectivity index (χ3v) is 2.34. The molecule has 0 spiro atoms. The maximum absolute atomic E-state index is 13.3. The molecular weight excluding hydrogens is 221 g/mol. The Kier molecular flexibility index (Phi) is 2.28. The van der Waals surface area contributed by atoms with Crippen molar-refractivity contribution in [2.24, 2.45) is 0 Å². The highest BCUT2D eigenvalue weighted by Crippen LogP contribution is 2.27. The molecular formula is C10H5ClFNO2. The number of pyridine rings is 1. The summed E-state index contributed by atoms with van der Waals surface area (Å²) in [5.41, 5.74) is -0.0769. The third-order valence-electron chi connectivity index (χ3n) is 2.02. The molecule has 0 saturated carbocycles. The molecule has 0 atom stereocenters. The van der Waals surface area contributed by atoms with E-state index in [4.69, 9.17) is 16.7 Å². The van der Waals surface area contributed by atoms with Gasteiger partial charge in [0.1, 0.15) is 11.3 Å². The summed E-state index contributed by atoms with van der Waals surface area (Å²) in [6, 6.07) is 3.76. The van der Waals surface area contributed by atoms with Crippen LogP contribution in [0.5, 0.6) is 0 Å². The van der Waals surface area contributed by atoms with Crippen molar-refractivity contribution in [3.05, 3.63) is 40.8 Å². The number of carboxylic acid groups (broad SMARTS) is 1. The number of nitrogens with zero attached hydrogens (tertiary/aromatic N) is 1. The van der Waals surface area contributed by atoms with Crippen molar-refractivity contribution in [1.29, 1.82) is 0 Å². The van der Waals surface area contributed by atoms with Crippen LogP contribution >= 0.6 is 11.6 Å². The SMILES string of the molecule is O=C(O)c1ccnc2c(F)ccc(Cl)c12. The van der Waals surface area contributed by atoms with E-state index in [1.807, 2.05) is 0 Å². The number of hydrogen-bond donors (Lipinski definition) is 1. The van der Waals surface area contributed by atoms with E-state index in [0.717, 1.165) is 6.07 Å². The van der Waals surface area contributed by atoms with Crippen LogP contribution in [0, 0.1) is 5.82 Å². The van der Waals surface area contributed by atoms with Gasteiger partial charge in [-0.3, -0.25) is 4.98 Å². The van der Waals surface area contributed by atoms with Gasteiger partial charge in [0.2, 0.25) is 0 Å². The number of halogens is 2. The molecule has 76 valence electrons. The van der Waals surface area contributed by atoms with Crippen LogP contribution in [0.4, 0.5) is 4.39 Å². The van der Waals surface area contributed by atoms with Crippen molar-refractivity contribution >= 4 is 28.5 Å². The van der Waals surface area contributed by atoms with E-state index < -0.39 is 11.8 Å². The minimum atomic E-state index is -1.16. The van der Waals surface area contributed by atoms with Crippen LogP contribution in [0.3, 0.4) is 0 Å². The minimum Gasteiger partial charge on any atom is -0.478 e. The quantitative estimate of drug-likeness (QED) is 0.812. The van der Waals surface area contributed by atoms with E-state index in [9.17, 15) is 9.18 Å². The van der Waals surface area contributed by atoms with Crippen molar-refractivity contribution < 1.29 is 14.3 Å². The van der Waals surface area contributed by atoms with Crippen LogP contribution in [-0.2, 0) is 0 Å². The van der Waals surface area contributed by atoms with Crippen LogP contribution < -0.4 is 0 Å². The summed E-state index contributed by atoms with van der Waals surface area (Å²) in [4.78, 5) is 14.6. The number of aromatic nitrogens is 1. The highest BCUT2D eigenvalue weighted by Gasteiger charge is 2.14. The number of rotatable bonds is 1. The molecule has 1 heterocycles. The molecule has 1 aromatic heterocycles. The predicted octanol–water partition coefficient (Wildman–Crippen LogP) is 2.73. The lowest BCUT2D eigenvalue weighted by atomic mass is 10.1. The van der Waals surface area contributed by atoms with Crippen LogP contribution in [-0.4, -0.2) is 16.1 Å². The maximum atomic E-state index is 13.3. The zero-order chi connectivity index (χ0) is 11.0. The fourth-order valence-electron chi connectivity index (χ4n) is 1.37. The summed E-state index contributed by atoms with van der Waals surface area (Å²) < 4.78 is 13.3. The smallest absolute Gasteiger partial charge is 0.336 e. The van der Waals surface area contributed by atoms with Crippen molar-refractivity contribution in [3.63, 3.8) is 0 Å². The van der Waals surface area contributed by atoms with Gasteiger partial charge in [-0.15, -0.1) is 0 Å². The molecule has 1 N–H and O–H groups in total. The summed E-state index contributed by atoms with van der Waals surface area (Å²) >= 11 is 5.81. The van der Waals surface area contributed by atoms with Gasteiger partial charge in [0.15, 0.2) is 0 Å². The lowest BCUT2D eigenvalue weighted by Crippen LogP contribution is -1.99. The molecule has 0 bridgehead atoms. The zero-order valence-corrected chi connectivity index (χ0v) is 8.12. The molecule has 0 saturated heterocycles.